The zero-order chi connectivity index (χ0) is 15.8. The van der Waals surface area contributed by atoms with E-state index in [1.807, 2.05) is 19.3 Å². The van der Waals surface area contributed by atoms with Crippen LogP contribution in [-0.2, 0) is 16.1 Å². The Kier molecular flexibility index (Phi) is 3.87. The molecule has 0 bridgehead atoms. The topological polar surface area (TPSA) is 106 Å². The lowest BCUT2D eigenvalue weighted by Gasteiger charge is -2.34. The first-order valence-electron chi connectivity index (χ1n) is 6.67. The van der Waals surface area contributed by atoms with Gasteiger partial charge in [0.15, 0.2) is 5.76 Å². The molecule has 114 valence electrons. The number of carbonyl (C=O) groups is 3. The van der Waals surface area contributed by atoms with E-state index in [2.05, 4.69) is 0 Å². The van der Waals surface area contributed by atoms with Gasteiger partial charge in [-0.1, -0.05) is 13.8 Å². The Morgan fingerprint density at radius 2 is 1.95 bits per heavy atom. The number of nitrogens with two attached hydrogens (primary N) is 1. The van der Waals surface area contributed by atoms with Crippen molar-refractivity contribution in [1.82, 2.24) is 10.3 Å². The number of hydrogen-bond donors (Lipinski definition) is 2. The van der Waals surface area contributed by atoms with Crippen molar-refractivity contribution in [3.05, 3.63) is 23.2 Å². The molecular weight excluding hydrogens is 274 g/mol. The Balaban J connectivity index is 2.17. The van der Waals surface area contributed by atoms with E-state index < -0.39 is 5.91 Å². The standard InChI is InChI=1S/C14H19N3O4/c1-8-4-9(21-12(8)13(20)16-15)7-17-10(18)5-14(2,3)6-11(17)19/h4H,5-7,15H2,1-3H3,(H,16,20). The van der Waals surface area contributed by atoms with E-state index in [0.717, 1.165) is 0 Å². The van der Waals surface area contributed by atoms with Crippen molar-refractivity contribution in [1.29, 1.82) is 0 Å². The smallest absolute Gasteiger partial charge is 0.301 e. The van der Waals surface area contributed by atoms with Crippen molar-refractivity contribution in [2.24, 2.45) is 11.3 Å². The average Bonchev–Trinajstić information content (AvgIpc) is 2.73. The molecule has 0 spiro atoms. The average molecular weight is 293 g/mol. The molecule has 1 saturated heterocycles. The number of imide groups is 1. The molecule has 1 aliphatic heterocycles. The number of hydrazine groups is 1. The second kappa shape index (κ2) is 5.33. The maximum Gasteiger partial charge on any atom is 0.301 e. The molecule has 0 aromatic carbocycles. The van der Waals surface area contributed by atoms with Crippen molar-refractivity contribution < 1.29 is 18.8 Å². The van der Waals surface area contributed by atoms with Gasteiger partial charge >= 0.3 is 5.91 Å². The van der Waals surface area contributed by atoms with Gasteiger partial charge in [0.2, 0.25) is 11.8 Å². The maximum absolute atomic E-state index is 12.1. The van der Waals surface area contributed by atoms with Crippen LogP contribution in [0.15, 0.2) is 10.5 Å². The number of amides is 3. The predicted molar refractivity (Wildman–Crippen MR) is 73.7 cm³/mol. The summed E-state index contributed by atoms with van der Waals surface area (Å²) in [5.74, 6) is 4.53. The van der Waals surface area contributed by atoms with Crippen molar-refractivity contribution in [2.45, 2.75) is 40.2 Å². The normalized spacial score (nSPS) is 18.0. The molecule has 1 fully saturated rings. The van der Waals surface area contributed by atoms with E-state index in [1.54, 1.807) is 13.0 Å². The summed E-state index contributed by atoms with van der Waals surface area (Å²) >= 11 is 0. The molecule has 0 radical (unpaired) electrons. The lowest BCUT2D eigenvalue weighted by Crippen LogP contribution is -2.45. The van der Waals surface area contributed by atoms with Gasteiger partial charge in [0, 0.05) is 18.4 Å². The van der Waals surface area contributed by atoms with Crippen LogP contribution in [0, 0.1) is 12.3 Å². The van der Waals surface area contributed by atoms with Crippen LogP contribution in [0.25, 0.3) is 0 Å². The van der Waals surface area contributed by atoms with E-state index in [9.17, 15) is 14.4 Å². The maximum atomic E-state index is 12.1. The summed E-state index contributed by atoms with van der Waals surface area (Å²) < 4.78 is 5.38. The molecule has 7 heteroatoms. The minimum absolute atomic E-state index is 0.0342. The van der Waals surface area contributed by atoms with Crippen molar-refractivity contribution in [3.8, 4) is 0 Å². The van der Waals surface area contributed by atoms with Gasteiger partial charge in [-0.25, -0.2) is 5.84 Å². The third-order valence-corrected chi connectivity index (χ3v) is 3.48. The van der Waals surface area contributed by atoms with Crippen LogP contribution in [0.1, 0.15) is 48.6 Å². The Morgan fingerprint density at radius 3 is 2.48 bits per heavy atom. The second-order valence-electron chi connectivity index (χ2n) is 6.09. The molecular formula is C14H19N3O4. The van der Waals surface area contributed by atoms with Gasteiger partial charge in [0.1, 0.15) is 5.76 Å². The number of aryl methyl sites for hydroxylation is 1. The molecule has 0 atom stereocenters. The van der Waals surface area contributed by atoms with Gasteiger partial charge in [-0.05, 0) is 18.4 Å². The SMILES string of the molecule is Cc1cc(CN2C(=O)CC(C)(C)CC2=O)oc1C(=O)NN. The van der Waals surface area contributed by atoms with E-state index >= 15 is 0 Å². The molecule has 1 aromatic rings. The minimum atomic E-state index is -0.545. The molecule has 7 nitrogen and oxygen atoms in total. The number of nitrogens with zero attached hydrogens (tertiary/aromatic N) is 1. The number of nitrogens with one attached hydrogen (secondary N) is 1. The van der Waals surface area contributed by atoms with Crippen LogP contribution < -0.4 is 11.3 Å². The molecule has 2 rings (SSSR count). The van der Waals surface area contributed by atoms with Crippen LogP contribution in [0.5, 0.6) is 0 Å². The van der Waals surface area contributed by atoms with Crippen molar-refractivity contribution in [3.63, 3.8) is 0 Å². The first-order chi connectivity index (χ1) is 9.73. The first kappa shape index (κ1) is 15.2. The lowest BCUT2D eigenvalue weighted by molar-refractivity contribution is -0.153. The molecule has 0 saturated carbocycles. The number of nitrogen functional groups attached to an aromatic ring is 1. The van der Waals surface area contributed by atoms with Crippen LogP contribution in [-0.4, -0.2) is 22.6 Å². The summed E-state index contributed by atoms with van der Waals surface area (Å²) in [6.45, 7) is 5.51. The molecule has 2 heterocycles. The third kappa shape index (κ3) is 3.13. The minimum Gasteiger partial charge on any atom is -0.454 e. The van der Waals surface area contributed by atoms with E-state index in [0.29, 0.717) is 24.2 Å². The highest BCUT2D eigenvalue weighted by atomic mass is 16.4. The summed E-state index contributed by atoms with van der Waals surface area (Å²) in [5.41, 5.74) is 2.28. The molecule has 0 unspecified atom stereocenters. The largest absolute Gasteiger partial charge is 0.454 e. The Bertz CT molecular complexity index is 583. The van der Waals surface area contributed by atoms with Gasteiger partial charge < -0.3 is 4.42 Å². The van der Waals surface area contributed by atoms with Gasteiger partial charge in [0.05, 0.1) is 6.54 Å². The van der Waals surface area contributed by atoms with E-state index in [-0.39, 0.29) is 29.5 Å². The zero-order valence-corrected chi connectivity index (χ0v) is 12.4. The molecule has 1 aromatic heterocycles. The number of furan rings is 1. The van der Waals surface area contributed by atoms with Gasteiger partial charge in [0.25, 0.3) is 0 Å². The number of carbonyl (C=O) groups excluding carboxylic acids is 3. The summed E-state index contributed by atoms with van der Waals surface area (Å²) in [6, 6.07) is 1.63. The van der Waals surface area contributed by atoms with Crippen molar-refractivity contribution in [2.75, 3.05) is 0 Å². The third-order valence-electron chi connectivity index (χ3n) is 3.48. The Labute approximate surface area is 122 Å². The zero-order valence-electron chi connectivity index (χ0n) is 12.4. The Morgan fingerprint density at radius 1 is 1.38 bits per heavy atom. The molecule has 21 heavy (non-hydrogen) atoms. The summed E-state index contributed by atoms with van der Waals surface area (Å²) in [4.78, 5) is 36.8. The van der Waals surface area contributed by atoms with Crippen LogP contribution >= 0.6 is 0 Å². The highest BCUT2D eigenvalue weighted by Gasteiger charge is 2.37. The fraction of sp³-hybridized carbons (Fsp3) is 0.500. The number of likely N-dealkylation sites (tertiary alicyclic amines) is 1. The fourth-order valence-corrected chi connectivity index (χ4v) is 2.46. The highest BCUT2D eigenvalue weighted by molar-refractivity contribution is 5.98. The monoisotopic (exact) mass is 293 g/mol. The van der Waals surface area contributed by atoms with Gasteiger partial charge in [-0.3, -0.25) is 24.7 Å². The molecule has 3 N–H and O–H groups in total. The molecule has 3 amide bonds. The molecule has 0 aliphatic carbocycles. The van der Waals surface area contributed by atoms with Crippen LogP contribution in [0.3, 0.4) is 0 Å². The van der Waals surface area contributed by atoms with Crippen LogP contribution in [0.4, 0.5) is 0 Å². The van der Waals surface area contributed by atoms with E-state index in [4.69, 9.17) is 10.3 Å². The summed E-state index contributed by atoms with van der Waals surface area (Å²) in [5, 5.41) is 0. The van der Waals surface area contributed by atoms with Gasteiger partial charge in [-0.15, -0.1) is 0 Å². The second-order valence-corrected chi connectivity index (χ2v) is 6.09. The first-order valence-corrected chi connectivity index (χ1v) is 6.67. The number of rotatable bonds is 3. The molecule has 1 aliphatic rings. The number of hydrogen-bond acceptors (Lipinski definition) is 5. The summed E-state index contributed by atoms with van der Waals surface area (Å²) in [7, 11) is 0. The number of piperidine rings is 1. The predicted octanol–water partition coefficient (Wildman–Crippen LogP) is 0.867. The van der Waals surface area contributed by atoms with Crippen LogP contribution in [0.2, 0.25) is 0 Å². The fourth-order valence-electron chi connectivity index (χ4n) is 2.46. The quantitative estimate of drug-likeness (QED) is 0.372. The Hall–Kier alpha value is -2.15. The van der Waals surface area contributed by atoms with Crippen molar-refractivity contribution >= 4 is 17.7 Å². The van der Waals surface area contributed by atoms with Gasteiger partial charge in [-0.2, -0.15) is 0 Å². The lowest BCUT2D eigenvalue weighted by atomic mass is 9.82. The summed E-state index contributed by atoms with van der Waals surface area (Å²) in [6.07, 6.45) is 0.628. The van der Waals surface area contributed by atoms with E-state index in [1.165, 1.54) is 4.90 Å². The highest BCUT2D eigenvalue weighted by Crippen LogP contribution is 2.32.